The first kappa shape index (κ1) is 20.8. The van der Waals surface area contributed by atoms with Gasteiger partial charge in [-0.05, 0) is 60.9 Å². The van der Waals surface area contributed by atoms with Gasteiger partial charge in [-0.25, -0.2) is 4.98 Å². The Morgan fingerprint density at radius 2 is 1.91 bits per heavy atom. The lowest BCUT2D eigenvalue weighted by Gasteiger charge is -2.31. The van der Waals surface area contributed by atoms with Crippen molar-refractivity contribution in [1.82, 2.24) is 9.88 Å². The van der Waals surface area contributed by atoms with Crippen molar-refractivity contribution in [2.24, 2.45) is 0 Å². The van der Waals surface area contributed by atoms with Crippen LogP contribution in [0.2, 0.25) is 0 Å². The number of rotatable bonds is 3. The largest absolute Gasteiger partial charge is 0.488 e. The Morgan fingerprint density at radius 1 is 1.09 bits per heavy atom. The summed E-state index contributed by atoms with van der Waals surface area (Å²) in [5, 5.41) is 0. The number of likely N-dealkylation sites (tertiary alicyclic amines) is 1. The molecule has 32 heavy (non-hydrogen) atoms. The van der Waals surface area contributed by atoms with E-state index in [4.69, 9.17) is 9.47 Å². The van der Waals surface area contributed by atoms with E-state index >= 15 is 0 Å². The number of carbonyl (C=O) groups excluding carboxylic acids is 2. The molecule has 2 unspecified atom stereocenters. The topological polar surface area (TPSA) is 72.0 Å². The first-order valence-corrected chi connectivity index (χ1v) is 11.5. The molecule has 1 aromatic carbocycles. The molecule has 3 aliphatic rings. The molecule has 7 heteroatoms. The third-order valence-corrected chi connectivity index (χ3v) is 6.91. The lowest BCUT2D eigenvalue weighted by atomic mass is 10.0. The number of benzene rings is 1. The number of methoxy groups -OCH3 is 1. The van der Waals surface area contributed by atoms with Crippen LogP contribution in [0.4, 0.5) is 11.5 Å². The summed E-state index contributed by atoms with van der Waals surface area (Å²) >= 11 is 0. The van der Waals surface area contributed by atoms with Gasteiger partial charge >= 0.3 is 5.97 Å². The van der Waals surface area contributed by atoms with Crippen molar-refractivity contribution in [2.75, 3.05) is 38.3 Å². The number of hydrogen-bond donors (Lipinski definition) is 0. The van der Waals surface area contributed by atoms with Crippen molar-refractivity contribution in [1.29, 1.82) is 0 Å². The van der Waals surface area contributed by atoms with Crippen LogP contribution in [0.25, 0.3) is 0 Å². The third-order valence-electron chi connectivity index (χ3n) is 6.91. The second-order valence-electron chi connectivity index (χ2n) is 8.92. The van der Waals surface area contributed by atoms with Gasteiger partial charge in [-0.2, -0.15) is 0 Å². The summed E-state index contributed by atoms with van der Waals surface area (Å²) in [5.41, 5.74) is 3.84. The molecule has 0 N–H and O–H groups in total. The highest BCUT2D eigenvalue weighted by Crippen LogP contribution is 2.45. The maximum absolute atomic E-state index is 12.9. The third kappa shape index (κ3) is 3.59. The zero-order valence-electron chi connectivity index (χ0n) is 18.7. The van der Waals surface area contributed by atoms with Crippen molar-refractivity contribution in [3.8, 4) is 5.75 Å². The summed E-state index contributed by atoms with van der Waals surface area (Å²) in [4.78, 5) is 33.8. The molecule has 168 valence electrons. The van der Waals surface area contributed by atoms with Crippen molar-refractivity contribution >= 4 is 23.4 Å². The fourth-order valence-electron chi connectivity index (χ4n) is 5.19. The first-order chi connectivity index (χ1) is 15.6. The van der Waals surface area contributed by atoms with E-state index in [9.17, 15) is 9.59 Å². The number of pyridine rings is 1. The summed E-state index contributed by atoms with van der Waals surface area (Å²) in [6.45, 7) is 4.96. The predicted octanol–water partition coefficient (Wildman–Crippen LogP) is 4.00. The van der Waals surface area contributed by atoms with E-state index in [1.54, 1.807) is 6.20 Å². The molecule has 3 heterocycles. The van der Waals surface area contributed by atoms with E-state index in [1.807, 2.05) is 23.1 Å². The highest BCUT2D eigenvalue weighted by molar-refractivity contribution is 5.95. The van der Waals surface area contributed by atoms with Gasteiger partial charge in [0, 0.05) is 25.0 Å². The molecule has 0 spiro atoms. The SMILES string of the molecule is COC(=O)C1CC(C)c2cc(N3CCOc4cc(C(=O)N5CCCCC5)cnc43)ccc21. The number of piperidine rings is 1. The minimum atomic E-state index is -0.197. The zero-order valence-corrected chi connectivity index (χ0v) is 18.7. The number of hydrogen-bond acceptors (Lipinski definition) is 6. The Balaban J connectivity index is 1.43. The second kappa shape index (κ2) is 8.45. The molecule has 1 aromatic heterocycles. The average Bonchev–Trinajstić information content (AvgIpc) is 3.18. The molecule has 2 aliphatic heterocycles. The van der Waals surface area contributed by atoms with E-state index in [1.165, 1.54) is 19.1 Å². The molecule has 0 bridgehead atoms. The van der Waals surface area contributed by atoms with Crippen LogP contribution < -0.4 is 9.64 Å². The van der Waals surface area contributed by atoms with E-state index in [0.29, 0.717) is 24.5 Å². The molecule has 5 rings (SSSR count). The summed E-state index contributed by atoms with van der Waals surface area (Å²) in [7, 11) is 1.44. The fraction of sp³-hybridized carbons (Fsp3) is 0.480. The van der Waals surface area contributed by atoms with Gasteiger partial charge in [0.2, 0.25) is 0 Å². The summed E-state index contributed by atoms with van der Waals surface area (Å²) in [5.74, 6) is 1.31. The Morgan fingerprint density at radius 3 is 2.69 bits per heavy atom. The van der Waals surface area contributed by atoms with Gasteiger partial charge in [-0.15, -0.1) is 0 Å². The molecule has 1 aliphatic carbocycles. The molecule has 1 fully saturated rings. The van der Waals surface area contributed by atoms with Crippen LogP contribution in [0, 0.1) is 0 Å². The molecule has 7 nitrogen and oxygen atoms in total. The van der Waals surface area contributed by atoms with Gasteiger partial charge in [0.15, 0.2) is 11.6 Å². The number of fused-ring (bicyclic) bond motifs is 2. The number of anilines is 2. The van der Waals surface area contributed by atoms with Crippen LogP contribution >= 0.6 is 0 Å². The maximum Gasteiger partial charge on any atom is 0.313 e. The van der Waals surface area contributed by atoms with Gasteiger partial charge in [-0.3, -0.25) is 9.59 Å². The summed E-state index contributed by atoms with van der Waals surface area (Å²) < 4.78 is 10.9. The fourth-order valence-corrected chi connectivity index (χ4v) is 5.19. The molecule has 1 amide bonds. The predicted molar refractivity (Wildman–Crippen MR) is 121 cm³/mol. The number of nitrogens with zero attached hydrogens (tertiary/aromatic N) is 3. The lowest BCUT2D eigenvalue weighted by Crippen LogP contribution is -2.36. The van der Waals surface area contributed by atoms with Crippen molar-refractivity contribution in [3.05, 3.63) is 47.2 Å². The van der Waals surface area contributed by atoms with Crippen LogP contribution in [0.3, 0.4) is 0 Å². The monoisotopic (exact) mass is 435 g/mol. The van der Waals surface area contributed by atoms with E-state index in [2.05, 4.69) is 22.9 Å². The molecule has 2 atom stereocenters. The van der Waals surface area contributed by atoms with E-state index < -0.39 is 0 Å². The van der Waals surface area contributed by atoms with Crippen LogP contribution in [0.5, 0.6) is 5.75 Å². The number of aromatic nitrogens is 1. The van der Waals surface area contributed by atoms with Crippen LogP contribution in [-0.4, -0.2) is 55.1 Å². The smallest absolute Gasteiger partial charge is 0.313 e. The molecular formula is C25H29N3O4. The van der Waals surface area contributed by atoms with Gasteiger partial charge in [-0.1, -0.05) is 13.0 Å². The Kier molecular flexibility index (Phi) is 5.49. The highest BCUT2D eigenvalue weighted by atomic mass is 16.5. The molecule has 0 radical (unpaired) electrons. The Hall–Kier alpha value is -3.09. The second-order valence-corrected chi connectivity index (χ2v) is 8.92. The molecule has 1 saturated heterocycles. The number of esters is 1. The van der Waals surface area contributed by atoms with Crippen molar-refractivity contribution in [3.63, 3.8) is 0 Å². The summed E-state index contributed by atoms with van der Waals surface area (Å²) in [6, 6.07) is 8.07. The summed E-state index contributed by atoms with van der Waals surface area (Å²) in [6.07, 6.45) is 5.74. The zero-order chi connectivity index (χ0) is 22.2. The molecule has 2 aromatic rings. The molecular weight excluding hydrogens is 406 g/mol. The van der Waals surface area contributed by atoms with Crippen LogP contribution in [-0.2, 0) is 9.53 Å². The quantitative estimate of drug-likeness (QED) is 0.679. The van der Waals surface area contributed by atoms with Gasteiger partial charge in [0.25, 0.3) is 5.91 Å². The first-order valence-electron chi connectivity index (χ1n) is 11.5. The van der Waals surface area contributed by atoms with Gasteiger partial charge < -0.3 is 19.3 Å². The van der Waals surface area contributed by atoms with E-state index in [-0.39, 0.29) is 23.7 Å². The van der Waals surface area contributed by atoms with Gasteiger partial charge in [0.05, 0.1) is 25.1 Å². The lowest BCUT2D eigenvalue weighted by molar-refractivity contribution is -0.142. The number of amides is 1. The van der Waals surface area contributed by atoms with Crippen LogP contribution in [0.15, 0.2) is 30.5 Å². The van der Waals surface area contributed by atoms with Crippen molar-refractivity contribution < 1.29 is 19.1 Å². The Bertz CT molecular complexity index is 1050. The molecule has 0 saturated carbocycles. The minimum absolute atomic E-state index is 0.0286. The van der Waals surface area contributed by atoms with Crippen LogP contribution in [0.1, 0.15) is 65.9 Å². The normalized spacial score (nSPS) is 22.1. The number of ether oxygens (including phenoxy) is 2. The average molecular weight is 436 g/mol. The highest BCUT2D eigenvalue weighted by Gasteiger charge is 2.35. The van der Waals surface area contributed by atoms with E-state index in [0.717, 1.165) is 49.4 Å². The van der Waals surface area contributed by atoms with Crippen molar-refractivity contribution in [2.45, 2.75) is 44.4 Å². The maximum atomic E-state index is 12.9. The standard InChI is InChI=1S/C25H29N3O4/c1-16-12-21(25(30)31-2)19-7-6-18(14-20(16)19)28-10-11-32-22-13-17(15-26-23(22)28)24(29)27-8-4-3-5-9-27/h6-7,13-16,21H,3-5,8-12H2,1-2H3. The van der Waals surface area contributed by atoms with Gasteiger partial charge in [0.1, 0.15) is 6.61 Å². The number of carbonyl (C=O) groups is 2. The minimum Gasteiger partial charge on any atom is -0.488 e. The Labute approximate surface area is 188 Å².